The van der Waals surface area contributed by atoms with Gasteiger partial charge in [-0.1, -0.05) is 26.7 Å². The van der Waals surface area contributed by atoms with E-state index >= 15 is 0 Å². The predicted octanol–water partition coefficient (Wildman–Crippen LogP) is 3.72. The number of aromatic nitrogens is 2. The predicted molar refractivity (Wildman–Crippen MR) is 73.3 cm³/mol. The molecule has 96 valence electrons. The van der Waals surface area contributed by atoms with Crippen LogP contribution in [0.1, 0.15) is 50.8 Å². The first-order valence-corrected chi connectivity index (χ1v) is 6.71. The summed E-state index contributed by atoms with van der Waals surface area (Å²) in [5.74, 6) is 1.51. The summed E-state index contributed by atoms with van der Waals surface area (Å²) in [5.41, 5.74) is 2.21. The summed E-state index contributed by atoms with van der Waals surface area (Å²) in [6.07, 6.45) is 6.96. The average molecular weight is 235 g/mol. The summed E-state index contributed by atoms with van der Waals surface area (Å²) in [4.78, 5) is 8.75. The third-order valence-corrected chi connectivity index (χ3v) is 3.17. The van der Waals surface area contributed by atoms with Crippen LogP contribution >= 0.6 is 0 Å². The van der Waals surface area contributed by atoms with E-state index in [1.807, 2.05) is 20.0 Å². The maximum absolute atomic E-state index is 4.44. The third kappa shape index (κ3) is 4.72. The molecule has 0 amide bonds. The van der Waals surface area contributed by atoms with E-state index in [0.717, 1.165) is 29.7 Å². The van der Waals surface area contributed by atoms with E-state index in [0.29, 0.717) is 0 Å². The van der Waals surface area contributed by atoms with Gasteiger partial charge in [0.2, 0.25) is 5.95 Å². The normalized spacial score (nSPS) is 10.9. The molecule has 0 spiro atoms. The first-order chi connectivity index (χ1) is 8.17. The molecular weight excluding hydrogens is 210 g/mol. The van der Waals surface area contributed by atoms with Crippen LogP contribution in [-0.4, -0.2) is 16.5 Å². The number of aryl methyl sites for hydroxylation is 2. The van der Waals surface area contributed by atoms with Gasteiger partial charge in [0, 0.05) is 18.4 Å². The van der Waals surface area contributed by atoms with E-state index in [-0.39, 0.29) is 0 Å². The Bertz CT molecular complexity index is 330. The third-order valence-electron chi connectivity index (χ3n) is 3.17. The van der Waals surface area contributed by atoms with Gasteiger partial charge in [0.15, 0.2) is 0 Å². The molecule has 0 fully saturated rings. The van der Waals surface area contributed by atoms with Gasteiger partial charge >= 0.3 is 0 Å². The molecule has 0 atom stereocenters. The number of hydrogen-bond donors (Lipinski definition) is 1. The molecule has 17 heavy (non-hydrogen) atoms. The molecule has 0 bridgehead atoms. The van der Waals surface area contributed by atoms with Crippen molar-refractivity contribution in [2.45, 2.75) is 53.4 Å². The summed E-state index contributed by atoms with van der Waals surface area (Å²) in [7, 11) is 0. The van der Waals surface area contributed by atoms with Gasteiger partial charge in [-0.3, -0.25) is 0 Å². The Morgan fingerprint density at radius 1 is 1.18 bits per heavy atom. The minimum absolute atomic E-state index is 0.746. The smallest absolute Gasteiger partial charge is 0.222 e. The van der Waals surface area contributed by atoms with Crippen LogP contribution in [0.3, 0.4) is 0 Å². The monoisotopic (exact) mass is 235 g/mol. The number of hydrogen-bond acceptors (Lipinski definition) is 3. The molecule has 3 heteroatoms. The number of nitrogens with zero attached hydrogens (tertiary/aromatic N) is 2. The van der Waals surface area contributed by atoms with Crippen LogP contribution in [0.5, 0.6) is 0 Å². The highest BCUT2D eigenvalue weighted by Gasteiger charge is 2.07. The molecular formula is C14H25N3. The lowest BCUT2D eigenvalue weighted by atomic mass is 9.98. The molecule has 0 radical (unpaired) electrons. The maximum Gasteiger partial charge on any atom is 0.222 e. The van der Waals surface area contributed by atoms with E-state index in [1.54, 1.807) is 0 Å². The zero-order valence-corrected chi connectivity index (χ0v) is 11.6. The Morgan fingerprint density at radius 3 is 2.35 bits per heavy atom. The molecule has 3 nitrogen and oxygen atoms in total. The van der Waals surface area contributed by atoms with Crippen molar-refractivity contribution in [1.29, 1.82) is 0 Å². The summed E-state index contributed by atoms with van der Waals surface area (Å²) in [6, 6.07) is 0. The quantitative estimate of drug-likeness (QED) is 0.782. The van der Waals surface area contributed by atoms with Crippen LogP contribution in [-0.2, 0) is 0 Å². The Kier molecular flexibility index (Phi) is 5.95. The average Bonchev–Trinajstić information content (AvgIpc) is 2.31. The van der Waals surface area contributed by atoms with Crippen LogP contribution in [0, 0.1) is 19.8 Å². The summed E-state index contributed by atoms with van der Waals surface area (Å²) in [6.45, 7) is 9.54. The lowest BCUT2D eigenvalue weighted by Crippen LogP contribution is -2.16. The lowest BCUT2D eigenvalue weighted by Gasteiger charge is -2.16. The van der Waals surface area contributed by atoms with Gasteiger partial charge in [-0.25, -0.2) is 9.97 Å². The fourth-order valence-corrected chi connectivity index (χ4v) is 2.01. The van der Waals surface area contributed by atoms with Gasteiger partial charge in [-0.05, 0) is 38.2 Å². The highest BCUT2D eigenvalue weighted by atomic mass is 15.1. The van der Waals surface area contributed by atoms with E-state index < -0.39 is 0 Å². The molecule has 1 aromatic heterocycles. The Labute approximate surface area is 105 Å². The van der Waals surface area contributed by atoms with Crippen molar-refractivity contribution in [1.82, 2.24) is 9.97 Å². The molecule has 1 rings (SSSR count). The lowest BCUT2D eigenvalue weighted by molar-refractivity contribution is 0.460. The van der Waals surface area contributed by atoms with Crippen LogP contribution < -0.4 is 5.32 Å². The standard InChI is InChI=1S/C14H25N3/c1-5-7-13(8-6-2)10-16-14-15-9-11(3)12(4)17-14/h9,13H,5-8,10H2,1-4H3,(H,15,16,17). The molecule has 0 aliphatic carbocycles. The molecule has 1 aromatic rings. The van der Waals surface area contributed by atoms with E-state index in [1.165, 1.54) is 25.7 Å². The van der Waals surface area contributed by atoms with Gasteiger partial charge in [0.05, 0.1) is 0 Å². The molecule has 1 N–H and O–H groups in total. The highest BCUT2D eigenvalue weighted by molar-refractivity contribution is 5.28. The van der Waals surface area contributed by atoms with Gasteiger partial charge in [0.1, 0.15) is 0 Å². The van der Waals surface area contributed by atoms with Crippen LogP contribution in [0.4, 0.5) is 5.95 Å². The fourth-order valence-electron chi connectivity index (χ4n) is 2.01. The first kappa shape index (κ1) is 13.9. The fraction of sp³-hybridized carbons (Fsp3) is 0.714. The number of anilines is 1. The van der Waals surface area contributed by atoms with Crippen molar-refractivity contribution in [3.63, 3.8) is 0 Å². The summed E-state index contributed by atoms with van der Waals surface area (Å²) < 4.78 is 0. The van der Waals surface area contributed by atoms with Crippen molar-refractivity contribution in [2.24, 2.45) is 5.92 Å². The largest absolute Gasteiger partial charge is 0.354 e. The second-order valence-electron chi connectivity index (χ2n) is 4.79. The van der Waals surface area contributed by atoms with Crippen molar-refractivity contribution < 1.29 is 0 Å². The number of rotatable bonds is 7. The maximum atomic E-state index is 4.44. The first-order valence-electron chi connectivity index (χ1n) is 6.71. The van der Waals surface area contributed by atoms with E-state index in [9.17, 15) is 0 Å². The van der Waals surface area contributed by atoms with Crippen molar-refractivity contribution in [2.75, 3.05) is 11.9 Å². The SMILES string of the molecule is CCCC(CCC)CNc1ncc(C)c(C)n1. The van der Waals surface area contributed by atoms with Crippen molar-refractivity contribution in [3.8, 4) is 0 Å². The molecule has 0 saturated heterocycles. The molecule has 0 unspecified atom stereocenters. The summed E-state index contributed by atoms with van der Waals surface area (Å²) >= 11 is 0. The zero-order chi connectivity index (χ0) is 12.7. The second-order valence-corrected chi connectivity index (χ2v) is 4.79. The van der Waals surface area contributed by atoms with Crippen LogP contribution in [0.2, 0.25) is 0 Å². The molecule has 0 aromatic carbocycles. The zero-order valence-electron chi connectivity index (χ0n) is 11.6. The molecule has 1 heterocycles. The second kappa shape index (κ2) is 7.25. The molecule has 0 saturated carbocycles. The minimum atomic E-state index is 0.746. The van der Waals surface area contributed by atoms with Crippen molar-refractivity contribution >= 4 is 5.95 Å². The Morgan fingerprint density at radius 2 is 1.82 bits per heavy atom. The van der Waals surface area contributed by atoms with Crippen molar-refractivity contribution in [3.05, 3.63) is 17.5 Å². The molecule has 0 aliphatic heterocycles. The molecule has 0 aliphatic rings. The highest BCUT2D eigenvalue weighted by Crippen LogP contribution is 2.14. The van der Waals surface area contributed by atoms with E-state index in [2.05, 4.69) is 29.1 Å². The van der Waals surface area contributed by atoms with Gasteiger partial charge in [-0.15, -0.1) is 0 Å². The topological polar surface area (TPSA) is 37.8 Å². The summed E-state index contributed by atoms with van der Waals surface area (Å²) in [5, 5.41) is 3.36. The number of nitrogens with one attached hydrogen (secondary N) is 1. The van der Waals surface area contributed by atoms with Crippen LogP contribution in [0.15, 0.2) is 6.20 Å². The van der Waals surface area contributed by atoms with Crippen LogP contribution in [0.25, 0.3) is 0 Å². The van der Waals surface area contributed by atoms with Gasteiger partial charge in [0.25, 0.3) is 0 Å². The minimum Gasteiger partial charge on any atom is -0.354 e. The van der Waals surface area contributed by atoms with Gasteiger partial charge < -0.3 is 5.32 Å². The van der Waals surface area contributed by atoms with Gasteiger partial charge in [-0.2, -0.15) is 0 Å². The Hall–Kier alpha value is -1.12. The van der Waals surface area contributed by atoms with E-state index in [4.69, 9.17) is 0 Å². The Balaban J connectivity index is 2.49.